The molecule has 1 saturated carbocycles. The molecule has 2 amide bonds. The Morgan fingerprint density at radius 3 is 1.51 bits per heavy atom. The number of nitrogens with one attached hydrogen (secondary N) is 1. The van der Waals surface area contributed by atoms with E-state index < -0.39 is 5.54 Å². The van der Waals surface area contributed by atoms with Gasteiger partial charge in [0.15, 0.2) is 0 Å². The molecule has 0 bridgehead atoms. The summed E-state index contributed by atoms with van der Waals surface area (Å²) < 4.78 is 5.91. The lowest BCUT2D eigenvalue weighted by Gasteiger charge is -2.49. The molecule has 8 heteroatoms. The number of amides is 2. The molecule has 382 valence electrons. The van der Waals surface area contributed by atoms with Crippen molar-refractivity contribution in [3.63, 3.8) is 0 Å². The standard InChI is InChI=1S/C57H110N4O4/c1-7-10-13-16-19-21-22-23-24-25-26-27-28-30-33-38-47-58-56(64)57(45-39-46-57)61(49-40-48-60(6)51-50-59(4)5)54(62)43-36-37-44-55(63)65-52-53(41-34-31-18-15-12-9-3)42-35-32-29-20-17-14-11-8-2/h23-24,53H,7-22,25-52H2,1-6H3,(H,58,64)/b24-23-. The molecule has 0 saturated heterocycles. The first-order chi connectivity index (χ1) is 31.7. The minimum atomic E-state index is -0.735. The van der Waals surface area contributed by atoms with E-state index in [1.165, 1.54) is 167 Å². The van der Waals surface area contributed by atoms with E-state index in [4.69, 9.17) is 4.74 Å². The molecule has 1 aliphatic rings. The van der Waals surface area contributed by atoms with E-state index in [0.29, 0.717) is 51.3 Å². The van der Waals surface area contributed by atoms with Crippen molar-refractivity contribution in [1.82, 2.24) is 20.0 Å². The molecule has 65 heavy (non-hydrogen) atoms. The first-order valence-corrected chi connectivity index (χ1v) is 28.4. The molecule has 0 aromatic rings. The van der Waals surface area contributed by atoms with Crippen LogP contribution in [0.15, 0.2) is 12.2 Å². The summed E-state index contributed by atoms with van der Waals surface area (Å²) in [6, 6.07) is 0. The van der Waals surface area contributed by atoms with Crippen molar-refractivity contribution in [1.29, 1.82) is 0 Å². The third-order valence-electron chi connectivity index (χ3n) is 14.2. The largest absolute Gasteiger partial charge is 0.465 e. The quantitative estimate of drug-likeness (QED) is 0.0372. The van der Waals surface area contributed by atoms with Crippen LogP contribution in [0.5, 0.6) is 0 Å². The van der Waals surface area contributed by atoms with Crippen LogP contribution in [0.1, 0.15) is 265 Å². The van der Waals surface area contributed by atoms with Gasteiger partial charge < -0.3 is 24.8 Å². The van der Waals surface area contributed by atoms with Gasteiger partial charge >= 0.3 is 5.97 Å². The lowest BCUT2D eigenvalue weighted by atomic mass is 9.74. The van der Waals surface area contributed by atoms with Gasteiger partial charge in [-0.2, -0.15) is 0 Å². The second-order valence-corrected chi connectivity index (χ2v) is 20.7. The Kier molecular flexibility index (Phi) is 40.7. The Labute approximate surface area is 404 Å². The summed E-state index contributed by atoms with van der Waals surface area (Å²) in [5.74, 6) is 0.427. The van der Waals surface area contributed by atoms with E-state index >= 15 is 0 Å². The Morgan fingerprint density at radius 1 is 0.538 bits per heavy atom. The number of likely N-dealkylation sites (N-methyl/N-ethyl adjacent to an activating group) is 2. The lowest BCUT2D eigenvalue weighted by Crippen LogP contribution is -2.64. The highest BCUT2D eigenvalue weighted by Crippen LogP contribution is 2.39. The Balaban J connectivity index is 2.59. The molecule has 0 aromatic heterocycles. The van der Waals surface area contributed by atoms with E-state index in [1.807, 2.05) is 4.90 Å². The fourth-order valence-electron chi connectivity index (χ4n) is 9.48. The van der Waals surface area contributed by atoms with Gasteiger partial charge in [0.05, 0.1) is 6.61 Å². The number of nitrogens with zero attached hydrogens (tertiary/aromatic N) is 3. The summed E-state index contributed by atoms with van der Waals surface area (Å²) in [7, 11) is 6.33. The third kappa shape index (κ3) is 33.3. The highest BCUT2D eigenvalue weighted by molar-refractivity contribution is 5.92. The van der Waals surface area contributed by atoms with Crippen LogP contribution in [-0.4, -0.2) is 98.5 Å². The second-order valence-electron chi connectivity index (χ2n) is 20.7. The van der Waals surface area contributed by atoms with Crippen LogP contribution >= 0.6 is 0 Å². The maximum absolute atomic E-state index is 14.1. The van der Waals surface area contributed by atoms with Crippen molar-refractivity contribution in [3.8, 4) is 0 Å². The SMILES string of the molecule is CCCCCCCC/C=C\CCCCCCCCNC(=O)C1(N(CCCN(C)CCN(C)C)C(=O)CCCCC(=O)OCC(CCCCCCCC)CCCCCCCCCC)CCC1. The number of esters is 1. The second kappa shape index (κ2) is 43.4. The van der Waals surface area contributed by atoms with Crippen LogP contribution < -0.4 is 5.32 Å². The number of carbonyl (C=O) groups is 3. The predicted molar refractivity (Wildman–Crippen MR) is 280 cm³/mol. The first kappa shape index (κ1) is 61.1. The van der Waals surface area contributed by atoms with Crippen LogP contribution in [0.4, 0.5) is 0 Å². The fourth-order valence-corrected chi connectivity index (χ4v) is 9.48. The molecule has 0 radical (unpaired) electrons. The van der Waals surface area contributed by atoms with Crippen molar-refractivity contribution in [2.75, 3.05) is 60.5 Å². The Hall–Kier alpha value is -1.93. The molecular weight excluding hydrogens is 805 g/mol. The fraction of sp³-hybridized carbons (Fsp3) is 0.912. The molecule has 0 spiro atoms. The van der Waals surface area contributed by atoms with Crippen LogP contribution in [0, 0.1) is 5.92 Å². The molecule has 1 aliphatic carbocycles. The van der Waals surface area contributed by atoms with E-state index in [9.17, 15) is 14.4 Å². The van der Waals surface area contributed by atoms with Crippen molar-refractivity contribution in [3.05, 3.63) is 12.2 Å². The number of allylic oxidation sites excluding steroid dienone is 2. The van der Waals surface area contributed by atoms with Gasteiger partial charge in [-0.15, -0.1) is 0 Å². The van der Waals surface area contributed by atoms with Crippen molar-refractivity contribution in [2.24, 2.45) is 5.92 Å². The molecule has 0 heterocycles. The average molecular weight is 916 g/mol. The maximum Gasteiger partial charge on any atom is 0.305 e. The highest BCUT2D eigenvalue weighted by Gasteiger charge is 2.50. The molecule has 1 atom stereocenters. The van der Waals surface area contributed by atoms with Gasteiger partial charge in [0.1, 0.15) is 5.54 Å². The summed E-state index contributed by atoms with van der Waals surface area (Å²) >= 11 is 0. The van der Waals surface area contributed by atoms with Gasteiger partial charge in [0.2, 0.25) is 11.8 Å². The summed E-state index contributed by atoms with van der Waals surface area (Å²) in [5, 5.41) is 3.28. The zero-order valence-corrected chi connectivity index (χ0v) is 44.3. The number of ether oxygens (including phenoxy) is 1. The van der Waals surface area contributed by atoms with Gasteiger partial charge in [0, 0.05) is 39.0 Å². The van der Waals surface area contributed by atoms with Crippen molar-refractivity contribution < 1.29 is 19.1 Å². The molecule has 1 unspecified atom stereocenters. The number of carbonyl (C=O) groups excluding carboxylic acids is 3. The zero-order chi connectivity index (χ0) is 47.5. The van der Waals surface area contributed by atoms with Crippen LogP contribution in [-0.2, 0) is 19.1 Å². The number of rotatable bonds is 48. The Morgan fingerprint density at radius 2 is 1.02 bits per heavy atom. The van der Waals surface area contributed by atoms with Gasteiger partial charge in [0.25, 0.3) is 0 Å². The summed E-state index contributed by atoms with van der Waals surface area (Å²) in [4.78, 5) is 47.5. The zero-order valence-electron chi connectivity index (χ0n) is 44.3. The monoisotopic (exact) mass is 915 g/mol. The van der Waals surface area contributed by atoms with Gasteiger partial charge in [-0.3, -0.25) is 14.4 Å². The Bertz CT molecular complexity index is 1140. The van der Waals surface area contributed by atoms with Crippen LogP contribution in [0.2, 0.25) is 0 Å². The lowest BCUT2D eigenvalue weighted by molar-refractivity contribution is -0.154. The minimum Gasteiger partial charge on any atom is -0.465 e. The van der Waals surface area contributed by atoms with Crippen molar-refractivity contribution >= 4 is 17.8 Å². The third-order valence-corrected chi connectivity index (χ3v) is 14.2. The first-order valence-electron chi connectivity index (χ1n) is 28.4. The molecule has 1 fully saturated rings. The minimum absolute atomic E-state index is 0.0388. The molecule has 0 aliphatic heterocycles. The van der Waals surface area contributed by atoms with E-state index in [0.717, 1.165) is 71.0 Å². The molecule has 1 rings (SSSR count). The summed E-state index contributed by atoms with van der Waals surface area (Å²) in [6.07, 6.45) is 48.4. The van der Waals surface area contributed by atoms with Crippen molar-refractivity contribution in [2.45, 2.75) is 270 Å². The van der Waals surface area contributed by atoms with E-state index in [2.05, 4.69) is 69.2 Å². The normalized spacial score (nSPS) is 14.0. The molecular formula is C57H110N4O4. The van der Waals surface area contributed by atoms with E-state index in [-0.39, 0.29) is 17.8 Å². The summed E-state index contributed by atoms with van der Waals surface area (Å²) in [5.41, 5.74) is -0.735. The topological polar surface area (TPSA) is 82.2 Å². The number of unbranched alkanes of at least 4 members (excludes halogenated alkanes) is 25. The van der Waals surface area contributed by atoms with Gasteiger partial charge in [-0.25, -0.2) is 0 Å². The highest BCUT2D eigenvalue weighted by atomic mass is 16.5. The molecule has 0 aromatic carbocycles. The predicted octanol–water partition coefficient (Wildman–Crippen LogP) is 14.8. The number of hydrogen-bond donors (Lipinski definition) is 1. The summed E-state index contributed by atoms with van der Waals surface area (Å²) in [6.45, 7) is 11.5. The molecule has 8 nitrogen and oxygen atoms in total. The van der Waals surface area contributed by atoms with Crippen LogP contribution in [0.25, 0.3) is 0 Å². The van der Waals surface area contributed by atoms with Gasteiger partial charge in [-0.05, 0) is 117 Å². The maximum atomic E-state index is 14.1. The number of hydrogen-bond acceptors (Lipinski definition) is 6. The average Bonchev–Trinajstić information content (AvgIpc) is 3.28. The van der Waals surface area contributed by atoms with Gasteiger partial charge in [-0.1, -0.05) is 181 Å². The van der Waals surface area contributed by atoms with Crippen LogP contribution in [0.3, 0.4) is 0 Å². The molecule has 1 N–H and O–H groups in total. The smallest absolute Gasteiger partial charge is 0.305 e. The van der Waals surface area contributed by atoms with E-state index in [1.54, 1.807) is 0 Å².